The summed E-state index contributed by atoms with van der Waals surface area (Å²) in [6.45, 7) is 9.07. The molecule has 106 valence electrons. The zero-order valence-electron chi connectivity index (χ0n) is 12.5. The van der Waals surface area contributed by atoms with E-state index in [1.54, 1.807) is 11.9 Å². The molecule has 0 saturated carbocycles. The fraction of sp³-hybridized carbons (Fsp3) is 0.533. The number of nitrogens with zero attached hydrogens (tertiary/aromatic N) is 1. The van der Waals surface area contributed by atoms with Gasteiger partial charge in [0.2, 0.25) is 0 Å². The molecule has 0 aliphatic carbocycles. The van der Waals surface area contributed by atoms with Gasteiger partial charge < -0.3 is 15.0 Å². The first kappa shape index (κ1) is 15.3. The quantitative estimate of drug-likeness (QED) is 0.905. The Balaban J connectivity index is 2.63. The third-order valence-electron chi connectivity index (χ3n) is 2.43. The maximum atomic E-state index is 11.9. The zero-order valence-corrected chi connectivity index (χ0v) is 12.5. The number of hydrogen-bond acceptors (Lipinski definition) is 3. The van der Waals surface area contributed by atoms with Crippen molar-refractivity contribution in [2.24, 2.45) is 0 Å². The van der Waals surface area contributed by atoms with E-state index >= 15 is 0 Å². The van der Waals surface area contributed by atoms with Crippen molar-refractivity contribution >= 4 is 11.8 Å². The lowest BCUT2D eigenvalue weighted by atomic mass is 10.2. The van der Waals surface area contributed by atoms with Crippen molar-refractivity contribution < 1.29 is 9.53 Å². The number of amides is 1. The van der Waals surface area contributed by atoms with Gasteiger partial charge in [-0.2, -0.15) is 0 Å². The smallest absolute Gasteiger partial charge is 0.410 e. The van der Waals surface area contributed by atoms with Gasteiger partial charge in [-0.25, -0.2) is 4.79 Å². The van der Waals surface area contributed by atoms with Crippen LogP contribution in [0.3, 0.4) is 0 Å². The van der Waals surface area contributed by atoms with E-state index in [0.29, 0.717) is 6.54 Å². The molecular formula is C15H24N2O2. The molecule has 1 rings (SSSR count). The summed E-state index contributed by atoms with van der Waals surface area (Å²) in [6.07, 6.45) is -0.304. The van der Waals surface area contributed by atoms with Crippen molar-refractivity contribution in [2.45, 2.75) is 39.8 Å². The zero-order chi connectivity index (χ0) is 14.5. The minimum absolute atomic E-state index is 0.304. The normalized spacial score (nSPS) is 11.0. The van der Waals surface area contributed by atoms with Crippen molar-refractivity contribution in [1.82, 2.24) is 4.90 Å². The molecule has 0 heterocycles. The Morgan fingerprint density at radius 3 is 2.63 bits per heavy atom. The van der Waals surface area contributed by atoms with E-state index in [1.807, 2.05) is 45.0 Å². The number of ether oxygens (including phenoxy) is 1. The molecule has 0 unspecified atom stereocenters. The van der Waals surface area contributed by atoms with Crippen LogP contribution in [0.15, 0.2) is 24.3 Å². The molecule has 19 heavy (non-hydrogen) atoms. The predicted molar refractivity (Wildman–Crippen MR) is 78.3 cm³/mol. The van der Waals surface area contributed by atoms with Gasteiger partial charge in [-0.15, -0.1) is 0 Å². The molecule has 0 radical (unpaired) electrons. The third kappa shape index (κ3) is 5.64. The predicted octanol–water partition coefficient (Wildman–Crippen LogP) is 3.49. The second-order valence-corrected chi connectivity index (χ2v) is 5.57. The second kappa shape index (κ2) is 6.45. The van der Waals surface area contributed by atoms with Crippen LogP contribution in [-0.2, 0) is 11.3 Å². The molecule has 1 aromatic carbocycles. The first-order valence-electron chi connectivity index (χ1n) is 6.59. The van der Waals surface area contributed by atoms with E-state index < -0.39 is 5.60 Å². The lowest BCUT2D eigenvalue weighted by Gasteiger charge is -2.24. The van der Waals surface area contributed by atoms with Crippen molar-refractivity contribution in [2.75, 3.05) is 18.9 Å². The average molecular weight is 264 g/mol. The minimum Gasteiger partial charge on any atom is -0.444 e. The standard InChI is InChI=1S/C15H24N2O2/c1-6-16-13-9-7-8-12(10-13)11-17(5)14(18)19-15(2,3)4/h7-10,16H,6,11H2,1-5H3. The lowest BCUT2D eigenvalue weighted by Crippen LogP contribution is -2.33. The van der Waals surface area contributed by atoms with Gasteiger partial charge in [-0.3, -0.25) is 0 Å². The largest absolute Gasteiger partial charge is 0.444 e. The highest BCUT2D eigenvalue weighted by atomic mass is 16.6. The summed E-state index contributed by atoms with van der Waals surface area (Å²) in [6, 6.07) is 8.04. The van der Waals surface area contributed by atoms with Crippen LogP contribution in [0.25, 0.3) is 0 Å². The summed E-state index contributed by atoms with van der Waals surface area (Å²) >= 11 is 0. The Bertz CT molecular complexity index is 424. The van der Waals surface area contributed by atoms with Crippen LogP contribution in [0.1, 0.15) is 33.3 Å². The molecule has 0 spiro atoms. The van der Waals surface area contributed by atoms with Crippen LogP contribution in [0.2, 0.25) is 0 Å². The molecule has 0 bridgehead atoms. The molecule has 0 aromatic heterocycles. The number of hydrogen-bond donors (Lipinski definition) is 1. The molecule has 0 fully saturated rings. The Kier molecular flexibility index (Phi) is 5.21. The summed E-state index contributed by atoms with van der Waals surface area (Å²) in [4.78, 5) is 13.4. The van der Waals surface area contributed by atoms with Gasteiger partial charge in [0.15, 0.2) is 0 Å². The van der Waals surface area contributed by atoms with Gasteiger partial charge in [0.05, 0.1) is 0 Å². The molecular weight excluding hydrogens is 240 g/mol. The van der Waals surface area contributed by atoms with Gasteiger partial charge in [0.25, 0.3) is 0 Å². The van der Waals surface area contributed by atoms with Crippen LogP contribution in [0.5, 0.6) is 0 Å². The molecule has 4 nitrogen and oxygen atoms in total. The van der Waals surface area contributed by atoms with E-state index in [1.165, 1.54) is 0 Å². The monoisotopic (exact) mass is 264 g/mol. The van der Waals surface area contributed by atoms with Crippen molar-refractivity contribution in [1.29, 1.82) is 0 Å². The summed E-state index contributed by atoms with van der Waals surface area (Å²) in [5.74, 6) is 0. The SMILES string of the molecule is CCNc1cccc(CN(C)C(=O)OC(C)(C)C)c1. The number of rotatable bonds is 4. The van der Waals surface area contributed by atoms with Crippen LogP contribution in [0, 0.1) is 0 Å². The van der Waals surface area contributed by atoms with Crippen LogP contribution < -0.4 is 5.32 Å². The highest BCUT2D eigenvalue weighted by Crippen LogP contribution is 2.14. The highest BCUT2D eigenvalue weighted by molar-refractivity contribution is 5.67. The van der Waals surface area contributed by atoms with E-state index in [-0.39, 0.29) is 6.09 Å². The summed E-state index contributed by atoms with van der Waals surface area (Å²) < 4.78 is 5.32. The molecule has 1 N–H and O–H groups in total. The van der Waals surface area contributed by atoms with E-state index in [4.69, 9.17) is 4.74 Å². The van der Waals surface area contributed by atoms with Gasteiger partial charge >= 0.3 is 6.09 Å². The number of carbonyl (C=O) groups excluding carboxylic acids is 1. The number of anilines is 1. The first-order valence-corrected chi connectivity index (χ1v) is 6.59. The maximum absolute atomic E-state index is 11.9. The Morgan fingerprint density at radius 2 is 2.05 bits per heavy atom. The molecule has 1 aromatic rings. The minimum atomic E-state index is -0.461. The van der Waals surface area contributed by atoms with E-state index in [9.17, 15) is 4.79 Å². The lowest BCUT2D eigenvalue weighted by molar-refractivity contribution is 0.0285. The van der Waals surface area contributed by atoms with Crippen LogP contribution in [-0.4, -0.2) is 30.2 Å². The highest BCUT2D eigenvalue weighted by Gasteiger charge is 2.19. The third-order valence-corrected chi connectivity index (χ3v) is 2.43. The number of carbonyl (C=O) groups is 1. The van der Waals surface area contributed by atoms with Crippen molar-refractivity contribution in [3.63, 3.8) is 0 Å². The van der Waals surface area contributed by atoms with Crippen LogP contribution in [0.4, 0.5) is 10.5 Å². The Hall–Kier alpha value is -1.71. The molecule has 4 heteroatoms. The molecule has 0 saturated heterocycles. The summed E-state index contributed by atoms with van der Waals surface area (Å²) in [5.41, 5.74) is 1.68. The van der Waals surface area contributed by atoms with Crippen LogP contribution >= 0.6 is 0 Å². The number of nitrogens with one attached hydrogen (secondary N) is 1. The van der Waals surface area contributed by atoms with E-state index in [0.717, 1.165) is 17.8 Å². The molecule has 0 aliphatic rings. The van der Waals surface area contributed by atoms with Crippen molar-refractivity contribution in [3.8, 4) is 0 Å². The maximum Gasteiger partial charge on any atom is 0.410 e. The topological polar surface area (TPSA) is 41.6 Å². The average Bonchev–Trinajstić information content (AvgIpc) is 2.27. The number of benzene rings is 1. The Labute approximate surface area is 115 Å². The molecule has 0 atom stereocenters. The molecule has 0 aliphatic heterocycles. The van der Waals surface area contributed by atoms with Gasteiger partial charge in [0.1, 0.15) is 5.60 Å². The fourth-order valence-electron chi connectivity index (χ4n) is 1.66. The second-order valence-electron chi connectivity index (χ2n) is 5.57. The van der Waals surface area contributed by atoms with E-state index in [2.05, 4.69) is 12.2 Å². The first-order chi connectivity index (χ1) is 8.81. The molecule has 1 amide bonds. The van der Waals surface area contributed by atoms with Gasteiger partial charge in [0, 0.05) is 25.8 Å². The summed E-state index contributed by atoms with van der Waals surface area (Å²) in [5, 5.41) is 3.25. The van der Waals surface area contributed by atoms with Crippen molar-refractivity contribution in [3.05, 3.63) is 29.8 Å². The Morgan fingerprint density at radius 1 is 1.37 bits per heavy atom. The fourth-order valence-corrected chi connectivity index (χ4v) is 1.66. The summed E-state index contributed by atoms with van der Waals surface area (Å²) in [7, 11) is 1.74. The van der Waals surface area contributed by atoms with Gasteiger partial charge in [-0.1, -0.05) is 12.1 Å². The van der Waals surface area contributed by atoms with Gasteiger partial charge in [-0.05, 0) is 45.4 Å².